The van der Waals surface area contributed by atoms with E-state index in [1.807, 2.05) is 0 Å². The van der Waals surface area contributed by atoms with E-state index in [4.69, 9.17) is 5.11 Å². The van der Waals surface area contributed by atoms with Crippen molar-refractivity contribution in [2.75, 3.05) is 13.1 Å². The van der Waals surface area contributed by atoms with Gasteiger partial charge in [-0.05, 0) is 39.5 Å². The summed E-state index contributed by atoms with van der Waals surface area (Å²) in [6, 6.07) is 0. The van der Waals surface area contributed by atoms with Gasteiger partial charge in [0.1, 0.15) is 6.54 Å². The fraction of sp³-hybridized carbons (Fsp3) is 0.900. The van der Waals surface area contributed by atoms with Crippen LogP contribution >= 0.6 is 0 Å². The van der Waals surface area contributed by atoms with Crippen LogP contribution in [0.4, 0.5) is 0 Å². The van der Waals surface area contributed by atoms with E-state index in [-0.39, 0.29) is 0 Å². The number of nitrogens with zero attached hydrogens (tertiary/aromatic N) is 1. The molecule has 1 aliphatic carbocycles. The zero-order valence-electron chi connectivity index (χ0n) is 9.93. The van der Waals surface area contributed by atoms with Gasteiger partial charge in [0.25, 0.3) is 0 Å². The summed E-state index contributed by atoms with van der Waals surface area (Å²) in [7, 11) is -3.54. The van der Waals surface area contributed by atoms with Gasteiger partial charge in [0.05, 0.1) is 4.75 Å². The SMILES string of the molecule is CC(C)(C)S(=O)(=O)N(CC(=O)O)CC1CC1. The van der Waals surface area contributed by atoms with Crippen molar-refractivity contribution in [2.45, 2.75) is 38.4 Å². The number of carbonyl (C=O) groups is 1. The number of carboxylic acid groups (broad SMARTS) is 1. The van der Waals surface area contributed by atoms with Gasteiger partial charge in [0, 0.05) is 6.54 Å². The van der Waals surface area contributed by atoms with E-state index in [1.165, 1.54) is 0 Å². The largest absolute Gasteiger partial charge is 0.480 e. The monoisotopic (exact) mass is 249 g/mol. The van der Waals surface area contributed by atoms with Crippen molar-refractivity contribution < 1.29 is 18.3 Å². The summed E-state index contributed by atoms with van der Waals surface area (Å²) in [6.45, 7) is 4.67. The maximum Gasteiger partial charge on any atom is 0.318 e. The third-order valence-corrected chi connectivity index (χ3v) is 5.09. The van der Waals surface area contributed by atoms with Crippen LogP contribution in [0.1, 0.15) is 33.6 Å². The Hall–Kier alpha value is -0.620. The Bertz CT molecular complexity index is 365. The highest BCUT2D eigenvalue weighted by Crippen LogP contribution is 2.32. The minimum Gasteiger partial charge on any atom is -0.480 e. The molecule has 0 atom stereocenters. The molecular weight excluding hydrogens is 230 g/mol. The molecule has 1 fully saturated rings. The van der Waals surface area contributed by atoms with Crippen LogP contribution in [0.2, 0.25) is 0 Å². The van der Waals surface area contributed by atoms with Crippen LogP contribution < -0.4 is 0 Å². The van der Waals surface area contributed by atoms with Gasteiger partial charge in [-0.2, -0.15) is 4.31 Å². The third-order valence-electron chi connectivity index (χ3n) is 2.58. The highest BCUT2D eigenvalue weighted by Gasteiger charge is 2.39. The second kappa shape index (κ2) is 4.33. The highest BCUT2D eigenvalue weighted by molar-refractivity contribution is 7.90. The summed E-state index contributed by atoms with van der Waals surface area (Å²) in [6.07, 6.45) is 1.99. The van der Waals surface area contributed by atoms with Gasteiger partial charge in [-0.1, -0.05) is 0 Å². The van der Waals surface area contributed by atoms with Crippen molar-refractivity contribution in [2.24, 2.45) is 5.92 Å². The zero-order chi connectivity index (χ0) is 12.6. The fourth-order valence-corrected chi connectivity index (χ4v) is 2.84. The molecule has 1 rings (SSSR count). The highest BCUT2D eigenvalue weighted by atomic mass is 32.2. The molecule has 0 spiro atoms. The van der Waals surface area contributed by atoms with E-state index in [2.05, 4.69) is 0 Å². The van der Waals surface area contributed by atoms with Gasteiger partial charge in [0.15, 0.2) is 0 Å². The number of hydrogen-bond donors (Lipinski definition) is 1. The van der Waals surface area contributed by atoms with E-state index >= 15 is 0 Å². The van der Waals surface area contributed by atoms with Crippen molar-refractivity contribution >= 4 is 16.0 Å². The second-order valence-corrected chi connectivity index (χ2v) is 7.94. The molecule has 16 heavy (non-hydrogen) atoms. The number of sulfonamides is 1. The average Bonchev–Trinajstić information content (AvgIpc) is 2.83. The first-order valence-corrected chi connectivity index (χ1v) is 6.80. The lowest BCUT2D eigenvalue weighted by Crippen LogP contribution is -2.46. The number of aliphatic carboxylic acids is 1. The number of rotatable bonds is 5. The van der Waals surface area contributed by atoms with Crippen LogP contribution in [0.15, 0.2) is 0 Å². The quantitative estimate of drug-likeness (QED) is 0.786. The average molecular weight is 249 g/mol. The topological polar surface area (TPSA) is 74.7 Å². The lowest BCUT2D eigenvalue weighted by Gasteiger charge is -2.28. The first kappa shape index (κ1) is 13.4. The molecular formula is C10H19NO4S. The van der Waals surface area contributed by atoms with Crippen molar-refractivity contribution in [3.05, 3.63) is 0 Å². The van der Waals surface area contributed by atoms with Crippen molar-refractivity contribution in [1.82, 2.24) is 4.31 Å². The van der Waals surface area contributed by atoms with Crippen LogP contribution in [0.3, 0.4) is 0 Å². The molecule has 1 saturated carbocycles. The van der Waals surface area contributed by atoms with Gasteiger partial charge in [-0.25, -0.2) is 8.42 Å². The Morgan fingerprint density at radius 2 is 1.88 bits per heavy atom. The van der Waals surface area contributed by atoms with Gasteiger partial charge in [-0.3, -0.25) is 4.79 Å². The Kier molecular flexibility index (Phi) is 3.64. The van der Waals surface area contributed by atoms with E-state index in [9.17, 15) is 13.2 Å². The Labute approximate surface area is 96.5 Å². The first-order chi connectivity index (χ1) is 7.14. The second-order valence-electron chi connectivity index (χ2n) is 5.25. The van der Waals surface area contributed by atoms with Crippen molar-refractivity contribution in [3.63, 3.8) is 0 Å². The van der Waals surface area contributed by atoms with Crippen LogP contribution in [0.5, 0.6) is 0 Å². The first-order valence-electron chi connectivity index (χ1n) is 5.36. The molecule has 0 aromatic carbocycles. The lowest BCUT2D eigenvalue weighted by atomic mass is 10.3. The van der Waals surface area contributed by atoms with E-state index < -0.39 is 27.3 Å². The third kappa shape index (κ3) is 3.18. The summed E-state index contributed by atoms with van der Waals surface area (Å²) < 4.78 is 24.4. The molecule has 94 valence electrons. The molecule has 0 aliphatic heterocycles. The molecule has 1 N–H and O–H groups in total. The molecule has 0 aromatic heterocycles. The summed E-state index contributed by atoms with van der Waals surface area (Å²) in [5.74, 6) is -0.759. The minimum absolute atomic E-state index is 0.339. The molecule has 0 saturated heterocycles. The molecule has 0 heterocycles. The lowest BCUT2D eigenvalue weighted by molar-refractivity contribution is -0.137. The van der Waals surface area contributed by atoms with Crippen LogP contribution in [-0.4, -0.2) is 41.6 Å². The number of hydrogen-bond acceptors (Lipinski definition) is 3. The molecule has 0 unspecified atom stereocenters. The molecule has 1 aliphatic rings. The van der Waals surface area contributed by atoms with E-state index in [1.54, 1.807) is 20.8 Å². The van der Waals surface area contributed by atoms with Crippen molar-refractivity contribution in [1.29, 1.82) is 0 Å². The van der Waals surface area contributed by atoms with Crippen molar-refractivity contribution in [3.8, 4) is 0 Å². The zero-order valence-corrected chi connectivity index (χ0v) is 10.7. The Morgan fingerprint density at radius 1 is 1.38 bits per heavy atom. The summed E-state index contributed by atoms with van der Waals surface area (Å²) in [5.41, 5.74) is 0. The normalized spacial score (nSPS) is 17.8. The molecule has 0 bridgehead atoms. The van der Waals surface area contributed by atoms with Gasteiger partial charge < -0.3 is 5.11 Å². The molecule has 0 aromatic rings. The number of carboxylic acids is 1. The van der Waals surface area contributed by atoms with E-state index in [0.717, 1.165) is 17.1 Å². The smallest absolute Gasteiger partial charge is 0.318 e. The standard InChI is InChI=1S/C10H19NO4S/c1-10(2,3)16(14,15)11(7-9(12)13)6-8-4-5-8/h8H,4-7H2,1-3H3,(H,12,13). The van der Waals surface area contributed by atoms with Gasteiger partial charge in [0.2, 0.25) is 10.0 Å². The summed E-state index contributed by atoms with van der Waals surface area (Å²) in [4.78, 5) is 10.7. The molecule has 6 heteroatoms. The molecule has 0 amide bonds. The predicted molar refractivity (Wildman–Crippen MR) is 60.6 cm³/mol. The predicted octanol–water partition coefficient (Wildman–Crippen LogP) is 0.911. The van der Waals surface area contributed by atoms with Crippen LogP contribution in [0, 0.1) is 5.92 Å². The molecule has 0 radical (unpaired) electrons. The maximum absolute atomic E-state index is 12.1. The van der Waals surface area contributed by atoms with Crippen LogP contribution in [0.25, 0.3) is 0 Å². The fourth-order valence-electron chi connectivity index (χ4n) is 1.37. The molecule has 5 nitrogen and oxygen atoms in total. The maximum atomic E-state index is 12.1. The van der Waals surface area contributed by atoms with Gasteiger partial charge in [-0.15, -0.1) is 0 Å². The van der Waals surface area contributed by atoms with Crippen LogP contribution in [-0.2, 0) is 14.8 Å². The van der Waals surface area contributed by atoms with Gasteiger partial charge >= 0.3 is 5.97 Å². The summed E-state index contributed by atoms with van der Waals surface area (Å²) in [5, 5.41) is 8.74. The Morgan fingerprint density at radius 3 is 2.19 bits per heavy atom. The summed E-state index contributed by atoms with van der Waals surface area (Å²) >= 11 is 0. The minimum atomic E-state index is -3.54. The van der Waals surface area contributed by atoms with E-state index in [0.29, 0.717) is 12.5 Å². The Balaban J connectivity index is 2.85.